The highest BCUT2D eigenvalue weighted by Crippen LogP contribution is 2.21. The van der Waals surface area contributed by atoms with E-state index in [-0.39, 0.29) is 11.7 Å². The molecule has 0 spiro atoms. The number of hydrogen-bond donors (Lipinski definition) is 0. The summed E-state index contributed by atoms with van der Waals surface area (Å²) in [6.45, 7) is 2.70. The number of aryl methyl sites for hydroxylation is 1. The summed E-state index contributed by atoms with van der Waals surface area (Å²) in [5, 5.41) is 5.78. The second-order valence-electron chi connectivity index (χ2n) is 5.03. The van der Waals surface area contributed by atoms with Crippen LogP contribution in [0.1, 0.15) is 12.7 Å². The number of hydrogen-bond acceptors (Lipinski definition) is 5. The normalized spacial score (nSPS) is 20.0. The molecule has 0 fully saturated rings. The molecule has 7 heteroatoms. The molecule has 0 aromatic carbocycles. The van der Waals surface area contributed by atoms with Gasteiger partial charge in [0.15, 0.2) is 15.7 Å². The number of allylic oxidation sites excluding steroid dienone is 1. The van der Waals surface area contributed by atoms with Gasteiger partial charge in [-0.1, -0.05) is 6.08 Å². The van der Waals surface area contributed by atoms with Crippen molar-refractivity contribution in [1.82, 2.24) is 19.7 Å². The Kier molecular flexibility index (Phi) is 3.59. The van der Waals surface area contributed by atoms with E-state index < -0.39 is 9.84 Å². The third-order valence-corrected chi connectivity index (χ3v) is 4.90. The zero-order chi connectivity index (χ0) is 14.9. The average Bonchev–Trinajstić information content (AvgIpc) is 3.03. The molecule has 0 saturated carbocycles. The van der Waals surface area contributed by atoms with Crippen LogP contribution >= 0.6 is 0 Å². The van der Waals surface area contributed by atoms with Crippen molar-refractivity contribution in [1.29, 1.82) is 0 Å². The van der Waals surface area contributed by atoms with Crippen molar-refractivity contribution in [3.05, 3.63) is 41.8 Å². The van der Waals surface area contributed by atoms with Crippen LogP contribution in [0.4, 0.5) is 0 Å². The predicted octanol–water partition coefficient (Wildman–Crippen LogP) is 1.46. The van der Waals surface area contributed by atoms with Crippen molar-refractivity contribution < 1.29 is 8.42 Å². The monoisotopic (exact) mass is 304 g/mol. The van der Waals surface area contributed by atoms with Gasteiger partial charge >= 0.3 is 0 Å². The molecule has 1 aliphatic heterocycles. The lowest BCUT2D eigenvalue weighted by atomic mass is 10.1. The largest absolute Gasteiger partial charge is 0.265 e. The summed E-state index contributed by atoms with van der Waals surface area (Å²) < 4.78 is 24.8. The van der Waals surface area contributed by atoms with E-state index in [0.29, 0.717) is 18.8 Å². The molecule has 0 saturated heterocycles. The van der Waals surface area contributed by atoms with Crippen molar-refractivity contribution in [3.8, 4) is 11.4 Å². The van der Waals surface area contributed by atoms with Gasteiger partial charge in [-0.15, -0.1) is 0 Å². The van der Waals surface area contributed by atoms with Crippen LogP contribution in [-0.4, -0.2) is 33.9 Å². The Morgan fingerprint density at radius 3 is 2.71 bits per heavy atom. The molecule has 21 heavy (non-hydrogen) atoms. The number of rotatable bonds is 4. The molecule has 0 bridgehead atoms. The average molecular weight is 304 g/mol. The molecule has 3 rings (SSSR count). The fourth-order valence-electron chi connectivity index (χ4n) is 2.40. The van der Waals surface area contributed by atoms with Crippen molar-refractivity contribution in [2.75, 3.05) is 5.75 Å². The molecule has 0 aliphatic carbocycles. The summed E-state index contributed by atoms with van der Waals surface area (Å²) >= 11 is 0. The minimum Gasteiger partial charge on any atom is -0.265 e. The summed E-state index contributed by atoms with van der Waals surface area (Å²) in [4.78, 5) is 8.54. The molecule has 0 N–H and O–H groups in total. The molecule has 0 radical (unpaired) electrons. The Bertz CT molecular complexity index is 766. The van der Waals surface area contributed by atoms with Gasteiger partial charge in [0, 0.05) is 36.3 Å². The summed E-state index contributed by atoms with van der Waals surface area (Å²) in [7, 11) is -3.03. The first-order chi connectivity index (χ1) is 10.1. The number of sulfone groups is 1. The molecule has 0 amide bonds. The lowest BCUT2D eigenvalue weighted by Gasteiger charge is -2.06. The molecule has 3 heterocycles. The standard InChI is InChI=1S/C14H16N4O2S/c1-2-18-13(9-11-5-8-21(19,20)10-11)16-14(17-18)12-3-6-15-7-4-12/h3-8,11H,2,9-10H2,1H3. The second kappa shape index (κ2) is 5.40. The fourth-order valence-corrected chi connectivity index (χ4v) is 3.80. The van der Waals surface area contributed by atoms with Crippen molar-refractivity contribution in [2.24, 2.45) is 5.92 Å². The number of aromatic nitrogens is 4. The zero-order valence-corrected chi connectivity index (χ0v) is 12.5. The third kappa shape index (κ3) is 3.02. The topological polar surface area (TPSA) is 77.7 Å². The van der Waals surface area contributed by atoms with E-state index in [1.807, 2.05) is 23.7 Å². The van der Waals surface area contributed by atoms with Crippen LogP contribution in [0.3, 0.4) is 0 Å². The molecule has 110 valence electrons. The van der Waals surface area contributed by atoms with Crippen molar-refractivity contribution >= 4 is 9.84 Å². The van der Waals surface area contributed by atoms with Crippen LogP contribution < -0.4 is 0 Å². The van der Waals surface area contributed by atoms with E-state index in [2.05, 4.69) is 15.1 Å². The van der Waals surface area contributed by atoms with E-state index in [4.69, 9.17) is 0 Å². The Balaban J connectivity index is 1.86. The Labute approximate surface area is 123 Å². The fraction of sp³-hybridized carbons (Fsp3) is 0.357. The highest BCUT2D eigenvalue weighted by molar-refractivity contribution is 7.94. The number of pyridine rings is 1. The Hall–Kier alpha value is -2.02. The van der Waals surface area contributed by atoms with E-state index in [9.17, 15) is 8.42 Å². The highest BCUT2D eigenvalue weighted by atomic mass is 32.2. The van der Waals surface area contributed by atoms with Crippen LogP contribution in [0.15, 0.2) is 36.0 Å². The van der Waals surface area contributed by atoms with Crippen LogP contribution in [-0.2, 0) is 22.8 Å². The van der Waals surface area contributed by atoms with E-state index >= 15 is 0 Å². The lowest BCUT2D eigenvalue weighted by molar-refractivity contribution is 0.571. The maximum Gasteiger partial charge on any atom is 0.181 e. The predicted molar refractivity (Wildman–Crippen MR) is 79.0 cm³/mol. The first kappa shape index (κ1) is 13.9. The Morgan fingerprint density at radius 2 is 2.10 bits per heavy atom. The van der Waals surface area contributed by atoms with Gasteiger partial charge in [0.1, 0.15) is 5.82 Å². The number of nitrogens with zero attached hydrogens (tertiary/aromatic N) is 4. The Morgan fingerprint density at radius 1 is 1.33 bits per heavy atom. The van der Waals surface area contributed by atoms with Crippen LogP contribution in [0.5, 0.6) is 0 Å². The molecule has 2 aromatic rings. The van der Waals surface area contributed by atoms with Gasteiger partial charge in [0.25, 0.3) is 0 Å². The van der Waals surface area contributed by atoms with E-state index in [1.54, 1.807) is 18.5 Å². The highest BCUT2D eigenvalue weighted by Gasteiger charge is 2.24. The molecule has 1 atom stereocenters. The second-order valence-corrected chi connectivity index (χ2v) is 6.96. The summed E-state index contributed by atoms with van der Waals surface area (Å²) in [6, 6.07) is 3.72. The van der Waals surface area contributed by atoms with E-state index in [1.165, 1.54) is 5.41 Å². The smallest absolute Gasteiger partial charge is 0.181 e. The van der Waals surface area contributed by atoms with Gasteiger partial charge in [-0.2, -0.15) is 5.10 Å². The minimum absolute atomic E-state index is 0.0187. The van der Waals surface area contributed by atoms with Crippen LogP contribution in [0.25, 0.3) is 11.4 Å². The van der Waals surface area contributed by atoms with Gasteiger partial charge in [-0.05, 0) is 25.0 Å². The molecular formula is C14H16N4O2S. The summed E-state index contributed by atoms with van der Waals surface area (Å²) in [5.74, 6) is 1.61. The zero-order valence-electron chi connectivity index (χ0n) is 11.7. The first-order valence-corrected chi connectivity index (χ1v) is 8.54. The van der Waals surface area contributed by atoms with Crippen molar-refractivity contribution in [3.63, 3.8) is 0 Å². The van der Waals surface area contributed by atoms with Crippen LogP contribution in [0.2, 0.25) is 0 Å². The minimum atomic E-state index is -3.03. The SMILES string of the molecule is CCn1nc(-c2ccncc2)nc1CC1C=CS(=O)(=O)C1. The van der Waals surface area contributed by atoms with Gasteiger partial charge in [0.2, 0.25) is 0 Å². The quantitative estimate of drug-likeness (QED) is 0.854. The molecule has 2 aromatic heterocycles. The lowest BCUT2D eigenvalue weighted by Crippen LogP contribution is -2.12. The van der Waals surface area contributed by atoms with Crippen LogP contribution in [0, 0.1) is 5.92 Å². The van der Waals surface area contributed by atoms with E-state index in [0.717, 1.165) is 11.4 Å². The van der Waals surface area contributed by atoms with Gasteiger partial charge in [-0.25, -0.2) is 18.1 Å². The van der Waals surface area contributed by atoms with Crippen molar-refractivity contribution in [2.45, 2.75) is 19.9 Å². The molecule has 6 nitrogen and oxygen atoms in total. The maximum atomic E-state index is 11.5. The maximum absolute atomic E-state index is 11.5. The van der Waals surface area contributed by atoms with Gasteiger partial charge in [0.05, 0.1) is 5.75 Å². The molecular weight excluding hydrogens is 288 g/mol. The van der Waals surface area contributed by atoms with Gasteiger partial charge < -0.3 is 0 Å². The molecule has 1 aliphatic rings. The summed E-state index contributed by atoms with van der Waals surface area (Å²) in [6.07, 6.45) is 5.74. The summed E-state index contributed by atoms with van der Waals surface area (Å²) in [5.41, 5.74) is 0.910. The van der Waals surface area contributed by atoms with Gasteiger partial charge in [-0.3, -0.25) is 4.98 Å². The molecule has 1 unspecified atom stereocenters. The third-order valence-electron chi connectivity index (χ3n) is 3.44. The first-order valence-electron chi connectivity index (χ1n) is 6.82.